The van der Waals surface area contributed by atoms with Gasteiger partial charge in [0.25, 0.3) is 0 Å². The van der Waals surface area contributed by atoms with Gasteiger partial charge >= 0.3 is 0 Å². The molecule has 3 aromatic rings. The number of carbonyl (C=O) groups is 1. The summed E-state index contributed by atoms with van der Waals surface area (Å²) >= 11 is 6.05. The van der Waals surface area contributed by atoms with Crippen LogP contribution in [0.2, 0.25) is 5.02 Å². The number of carbonyl (C=O) groups excluding carboxylic acids is 1. The molecule has 1 fully saturated rings. The first kappa shape index (κ1) is 22.5. The Balaban J connectivity index is 1.29. The van der Waals surface area contributed by atoms with E-state index in [1.807, 2.05) is 36.4 Å². The Labute approximate surface area is 194 Å². The summed E-state index contributed by atoms with van der Waals surface area (Å²) in [6.07, 6.45) is 2.53. The first-order chi connectivity index (χ1) is 15.5. The molecule has 0 aliphatic carbocycles. The number of rotatable bonds is 7. The summed E-state index contributed by atoms with van der Waals surface area (Å²) in [6, 6.07) is 15.7. The van der Waals surface area contributed by atoms with E-state index in [-0.39, 0.29) is 17.9 Å². The Morgan fingerprint density at radius 2 is 2.00 bits per heavy atom. The van der Waals surface area contributed by atoms with E-state index in [1.54, 1.807) is 0 Å². The van der Waals surface area contributed by atoms with Crippen molar-refractivity contribution in [2.45, 2.75) is 45.7 Å². The van der Waals surface area contributed by atoms with E-state index in [4.69, 9.17) is 16.1 Å². The number of likely N-dealkylation sites (tertiary alicyclic amines) is 1. The molecule has 32 heavy (non-hydrogen) atoms. The van der Waals surface area contributed by atoms with Crippen molar-refractivity contribution >= 4 is 17.5 Å². The molecule has 0 spiro atoms. The zero-order chi connectivity index (χ0) is 22.5. The maximum absolute atomic E-state index is 12.9. The molecule has 0 radical (unpaired) electrons. The molecule has 1 aliphatic heterocycles. The van der Waals surface area contributed by atoms with Crippen LogP contribution in [0.5, 0.6) is 0 Å². The van der Waals surface area contributed by atoms with Crippen LogP contribution in [-0.2, 0) is 11.3 Å². The third-order valence-electron chi connectivity index (χ3n) is 6.16. The predicted octanol–water partition coefficient (Wildman–Crippen LogP) is 5.18. The van der Waals surface area contributed by atoms with Gasteiger partial charge in [-0.25, -0.2) is 0 Å². The standard InChI is InChI=1S/C25H29ClN4O2/c1-3-22(21-10-5-4-7-17(21)2)27-25(31)18-11-13-30(14-12-18)16-23-28-24(29-32-23)19-8-6-9-20(26)15-19/h4-10,15,18,22H,3,11-14,16H2,1-2H3,(H,27,31). The smallest absolute Gasteiger partial charge is 0.241 e. The van der Waals surface area contributed by atoms with E-state index in [2.05, 4.69) is 46.3 Å². The Morgan fingerprint density at radius 1 is 1.22 bits per heavy atom. The summed E-state index contributed by atoms with van der Waals surface area (Å²) in [4.78, 5) is 19.7. The molecule has 1 aliphatic rings. The maximum atomic E-state index is 12.9. The van der Waals surface area contributed by atoms with Crippen molar-refractivity contribution in [1.29, 1.82) is 0 Å². The van der Waals surface area contributed by atoms with Crippen molar-refractivity contribution in [2.75, 3.05) is 13.1 Å². The van der Waals surface area contributed by atoms with E-state index in [1.165, 1.54) is 11.1 Å². The molecule has 4 rings (SSSR count). The summed E-state index contributed by atoms with van der Waals surface area (Å²) in [5.74, 6) is 1.31. The largest absolute Gasteiger partial charge is 0.349 e. The number of nitrogens with zero attached hydrogens (tertiary/aromatic N) is 3. The quantitative estimate of drug-likeness (QED) is 0.535. The Bertz CT molecular complexity index is 1060. The van der Waals surface area contributed by atoms with Crippen molar-refractivity contribution in [3.63, 3.8) is 0 Å². The highest BCUT2D eigenvalue weighted by molar-refractivity contribution is 6.30. The van der Waals surface area contributed by atoms with E-state index in [0.717, 1.165) is 37.9 Å². The number of halogens is 1. The highest BCUT2D eigenvalue weighted by Gasteiger charge is 2.27. The fourth-order valence-electron chi connectivity index (χ4n) is 4.28. The van der Waals surface area contributed by atoms with E-state index in [0.29, 0.717) is 23.3 Å². The van der Waals surface area contributed by atoms with Gasteiger partial charge in [0.15, 0.2) is 0 Å². The monoisotopic (exact) mass is 452 g/mol. The van der Waals surface area contributed by atoms with Gasteiger partial charge in [0, 0.05) is 16.5 Å². The molecule has 1 N–H and O–H groups in total. The third-order valence-corrected chi connectivity index (χ3v) is 6.39. The van der Waals surface area contributed by atoms with Gasteiger partial charge in [0.05, 0.1) is 12.6 Å². The van der Waals surface area contributed by atoms with Crippen molar-refractivity contribution in [3.05, 3.63) is 70.6 Å². The van der Waals surface area contributed by atoms with E-state index < -0.39 is 0 Å². The Morgan fingerprint density at radius 3 is 2.72 bits per heavy atom. The molecule has 1 unspecified atom stereocenters. The molecule has 6 nitrogen and oxygen atoms in total. The Kier molecular flexibility index (Phi) is 7.22. The predicted molar refractivity (Wildman–Crippen MR) is 125 cm³/mol. The minimum absolute atomic E-state index is 0.0361. The van der Waals surface area contributed by atoms with Crippen LogP contribution in [0.15, 0.2) is 53.1 Å². The summed E-state index contributed by atoms with van der Waals surface area (Å²) in [7, 11) is 0. The van der Waals surface area contributed by atoms with Crippen molar-refractivity contribution in [3.8, 4) is 11.4 Å². The number of piperidine rings is 1. The lowest BCUT2D eigenvalue weighted by Gasteiger charge is -2.31. The normalized spacial score (nSPS) is 16.1. The van der Waals surface area contributed by atoms with Crippen LogP contribution in [0.4, 0.5) is 0 Å². The van der Waals surface area contributed by atoms with Gasteiger partial charge in [-0.15, -0.1) is 0 Å². The van der Waals surface area contributed by atoms with Gasteiger partial charge in [-0.3, -0.25) is 9.69 Å². The van der Waals surface area contributed by atoms with Gasteiger partial charge < -0.3 is 9.84 Å². The summed E-state index contributed by atoms with van der Waals surface area (Å²) in [5, 5.41) is 7.99. The minimum atomic E-state index is 0.0361. The van der Waals surface area contributed by atoms with Gasteiger partial charge in [-0.1, -0.05) is 60.1 Å². The molecule has 2 aromatic carbocycles. The molecule has 1 amide bonds. The molecular formula is C25H29ClN4O2. The van der Waals surface area contributed by atoms with Crippen LogP contribution < -0.4 is 5.32 Å². The Hall–Kier alpha value is -2.70. The first-order valence-corrected chi connectivity index (χ1v) is 11.6. The lowest BCUT2D eigenvalue weighted by Crippen LogP contribution is -2.41. The molecule has 1 atom stereocenters. The lowest BCUT2D eigenvalue weighted by molar-refractivity contribution is -0.127. The first-order valence-electron chi connectivity index (χ1n) is 11.2. The van der Waals surface area contributed by atoms with Crippen molar-refractivity contribution in [2.24, 2.45) is 5.92 Å². The van der Waals surface area contributed by atoms with Gasteiger partial charge in [-0.05, 0) is 62.5 Å². The molecule has 1 aromatic heterocycles. The van der Waals surface area contributed by atoms with Gasteiger partial charge in [0.2, 0.25) is 17.6 Å². The maximum Gasteiger partial charge on any atom is 0.241 e. The van der Waals surface area contributed by atoms with E-state index >= 15 is 0 Å². The second kappa shape index (κ2) is 10.3. The number of hydrogen-bond acceptors (Lipinski definition) is 5. The number of aryl methyl sites for hydroxylation is 1. The van der Waals surface area contributed by atoms with Crippen molar-refractivity contribution in [1.82, 2.24) is 20.4 Å². The van der Waals surface area contributed by atoms with Crippen LogP contribution in [-0.4, -0.2) is 34.0 Å². The third kappa shape index (κ3) is 5.37. The van der Waals surface area contributed by atoms with Crippen molar-refractivity contribution < 1.29 is 9.32 Å². The van der Waals surface area contributed by atoms with Crippen LogP contribution >= 0.6 is 11.6 Å². The minimum Gasteiger partial charge on any atom is -0.349 e. The molecular weight excluding hydrogens is 424 g/mol. The zero-order valence-corrected chi connectivity index (χ0v) is 19.3. The summed E-state index contributed by atoms with van der Waals surface area (Å²) in [5.41, 5.74) is 3.25. The van der Waals surface area contributed by atoms with Crippen LogP contribution in [0.25, 0.3) is 11.4 Å². The number of benzene rings is 2. The molecule has 0 saturated carbocycles. The van der Waals surface area contributed by atoms with Crippen LogP contribution in [0, 0.1) is 12.8 Å². The molecule has 0 bridgehead atoms. The second-order valence-electron chi connectivity index (χ2n) is 8.40. The molecule has 168 valence electrons. The van der Waals surface area contributed by atoms with Crippen LogP contribution in [0.3, 0.4) is 0 Å². The molecule has 1 saturated heterocycles. The highest BCUT2D eigenvalue weighted by atomic mass is 35.5. The topological polar surface area (TPSA) is 71.3 Å². The zero-order valence-electron chi connectivity index (χ0n) is 18.6. The fourth-order valence-corrected chi connectivity index (χ4v) is 4.47. The number of nitrogens with one attached hydrogen (secondary N) is 1. The van der Waals surface area contributed by atoms with Crippen LogP contribution in [0.1, 0.15) is 49.2 Å². The lowest BCUT2D eigenvalue weighted by atomic mass is 9.94. The summed E-state index contributed by atoms with van der Waals surface area (Å²) in [6.45, 7) is 6.45. The number of hydrogen-bond donors (Lipinski definition) is 1. The number of amides is 1. The second-order valence-corrected chi connectivity index (χ2v) is 8.83. The number of aromatic nitrogens is 2. The molecule has 7 heteroatoms. The average molecular weight is 453 g/mol. The fraction of sp³-hybridized carbons (Fsp3) is 0.400. The average Bonchev–Trinajstić information content (AvgIpc) is 3.27. The summed E-state index contributed by atoms with van der Waals surface area (Å²) < 4.78 is 5.44. The van der Waals surface area contributed by atoms with Gasteiger partial charge in [0.1, 0.15) is 0 Å². The molecule has 2 heterocycles. The SMILES string of the molecule is CCC(NC(=O)C1CCN(Cc2nc(-c3cccc(Cl)c3)no2)CC1)c1ccccc1C. The highest BCUT2D eigenvalue weighted by Crippen LogP contribution is 2.25. The van der Waals surface area contributed by atoms with Gasteiger partial charge in [-0.2, -0.15) is 4.98 Å². The van der Waals surface area contributed by atoms with E-state index in [9.17, 15) is 4.79 Å².